The number of amides is 1. The summed E-state index contributed by atoms with van der Waals surface area (Å²) < 4.78 is 13.6. The summed E-state index contributed by atoms with van der Waals surface area (Å²) in [7, 11) is 0. The fourth-order valence-electron chi connectivity index (χ4n) is 1.97. The fraction of sp³-hybridized carbons (Fsp3) is 0.417. The minimum absolute atomic E-state index is 0.0456. The lowest BCUT2D eigenvalue weighted by atomic mass is 9.68. The number of rotatable bonds is 3. The normalized spacial score (nSPS) is 17.4. The van der Waals surface area contributed by atoms with Gasteiger partial charge in [0.05, 0.1) is 11.1 Å². The summed E-state index contributed by atoms with van der Waals surface area (Å²) in [5, 5.41) is 2.84. The number of hydrogen-bond donors (Lipinski definition) is 2. The molecule has 3 N–H and O–H groups in total. The standard InChI is InChI=1S/C12H14FIN2O/c13-8-2-3-10(9(14)6-8)16-11(17)12(7-15)4-1-5-12/h2-3,6H,1,4-5,7,15H2,(H,16,17). The molecule has 0 saturated heterocycles. The molecule has 0 unspecified atom stereocenters. The number of benzene rings is 1. The van der Waals surface area contributed by atoms with Crippen molar-refractivity contribution < 1.29 is 9.18 Å². The van der Waals surface area contributed by atoms with Crippen LogP contribution in [0.3, 0.4) is 0 Å². The Morgan fingerprint density at radius 2 is 2.24 bits per heavy atom. The van der Waals surface area contributed by atoms with Gasteiger partial charge in [-0.15, -0.1) is 0 Å². The average Bonchev–Trinajstić information content (AvgIpc) is 2.21. The first kappa shape index (κ1) is 12.8. The van der Waals surface area contributed by atoms with Gasteiger partial charge in [-0.1, -0.05) is 6.42 Å². The minimum Gasteiger partial charge on any atom is -0.329 e. The van der Waals surface area contributed by atoms with Crippen molar-refractivity contribution in [3.8, 4) is 0 Å². The van der Waals surface area contributed by atoms with Gasteiger partial charge in [-0.3, -0.25) is 4.79 Å². The molecule has 1 amide bonds. The molecule has 17 heavy (non-hydrogen) atoms. The maximum atomic E-state index is 12.9. The van der Waals surface area contributed by atoms with Gasteiger partial charge in [0.25, 0.3) is 0 Å². The van der Waals surface area contributed by atoms with Crippen molar-refractivity contribution in [1.29, 1.82) is 0 Å². The van der Waals surface area contributed by atoms with Gasteiger partial charge in [-0.05, 0) is 53.6 Å². The first-order valence-electron chi connectivity index (χ1n) is 5.54. The van der Waals surface area contributed by atoms with Crippen LogP contribution in [0.1, 0.15) is 19.3 Å². The Balaban J connectivity index is 2.13. The second-order valence-electron chi connectivity index (χ2n) is 4.42. The summed E-state index contributed by atoms with van der Waals surface area (Å²) in [5.41, 5.74) is 5.91. The van der Waals surface area contributed by atoms with E-state index in [1.165, 1.54) is 12.1 Å². The van der Waals surface area contributed by atoms with Gasteiger partial charge in [0, 0.05) is 10.1 Å². The first-order chi connectivity index (χ1) is 8.07. The Morgan fingerprint density at radius 1 is 1.53 bits per heavy atom. The third-order valence-electron chi connectivity index (χ3n) is 3.36. The van der Waals surface area contributed by atoms with Crippen molar-refractivity contribution in [1.82, 2.24) is 0 Å². The summed E-state index contributed by atoms with van der Waals surface area (Å²) in [6.07, 6.45) is 2.73. The van der Waals surface area contributed by atoms with Crippen LogP contribution in [0.15, 0.2) is 18.2 Å². The molecule has 2 rings (SSSR count). The Hall–Kier alpha value is -0.690. The molecule has 92 valence electrons. The van der Waals surface area contributed by atoms with Crippen molar-refractivity contribution in [2.24, 2.45) is 11.1 Å². The zero-order valence-corrected chi connectivity index (χ0v) is 11.5. The van der Waals surface area contributed by atoms with E-state index in [-0.39, 0.29) is 11.7 Å². The van der Waals surface area contributed by atoms with E-state index in [1.807, 2.05) is 22.6 Å². The molecule has 0 aliphatic heterocycles. The third kappa shape index (κ3) is 2.44. The van der Waals surface area contributed by atoms with Gasteiger partial charge < -0.3 is 11.1 Å². The maximum Gasteiger partial charge on any atom is 0.231 e. The predicted octanol–water partition coefficient (Wildman–Crippen LogP) is 2.50. The van der Waals surface area contributed by atoms with Crippen LogP contribution in [0.25, 0.3) is 0 Å². The highest BCUT2D eigenvalue weighted by molar-refractivity contribution is 14.1. The van der Waals surface area contributed by atoms with E-state index < -0.39 is 5.41 Å². The van der Waals surface area contributed by atoms with Gasteiger partial charge >= 0.3 is 0 Å². The molecule has 1 saturated carbocycles. The number of nitrogens with two attached hydrogens (primary N) is 1. The molecule has 1 aromatic carbocycles. The van der Waals surface area contributed by atoms with Crippen LogP contribution >= 0.6 is 22.6 Å². The molecule has 0 atom stereocenters. The van der Waals surface area contributed by atoms with E-state index in [0.29, 0.717) is 15.8 Å². The van der Waals surface area contributed by atoms with E-state index in [4.69, 9.17) is 5.73 Å². The van der Waals surface area contributed by atoms with Gasteiger partial charge in [0.1, 0.15) is 5.82 Å². The van der Waals surface area contributed by atoms with E-state index >= 15 is 0 Å². The van der Waals surface area contributed by atoms with Gasteiger partial charge in [-0.25, -0.2) is 4.39 Å². The number of hydrogen-bond acceptors (Lipinski definition) is 2. The highest BCUT2D eigenvalue weighted by Crippen LogP contribution is 2.41. The Bertz CT molecular complexity index is 441. The first-order valence-corrected chi connectivity index (χ1v) is 6.62. The second kappa shape index (κ2) is 4.89. The smallest absolute Gasteiger partial charge is 0.231 e. The highest BCUT2D eigenvalue weighted by Gasteiger charge is 2.42. The zero-order valence-electron chi connectivity index (χ0n) is 9.30. The van der Waals surface area contributed by atoms with Crippen LogP contribution in [0.2, 0.25) is 0 Å². The predicted molar refractivity (Wildman–Crippen MR) is 73.1 cm³/mol. The van der Waals surface area contributed by atoms with Crippen LogP contribution < -0.4 is 11.1 Å². The minimum atomic E-state index is -0.405. The fourth-order valence-corrected chi connectivity index (χ4v) is 2.59. The number of nitrogens with one attached hydrogen (secondary N) is 1. The number of carbonyl (C=O) groups excluding carboxylic acids is 1. The van der Waals surface area contributed by atoms with E-state index in [0.717, 1.165) is 19.3 Å². The molecule has 0 bridgehead atoms. The van der Waals surface area contributed by atoms with Crippen molar-refractivity contribution in [3.05, 3.63) is 27.6 Å². The van der Waals surface area contributed by atoms with Crippen molar-refractivity contribution >= 4 is 34.2 Å². The van der Waals surface area contributed by atoms with Crippen LogP contribution in [0.5, 0.6) is 0 Å². The monoisotopic (exact) mass is 348 g/mol. The van der Waals surface area contributed by atoms with Gasteiger partial charge in [0.2, 0.25) is 5.91 Å². The largest absolute Gasteiger partial charge is 0.329 e. The van der Waals surface area contributed by atoms with Gasteiger partial charge in [0.15, 0.2) is 0 Å². The molecular weight excluding hydrogens is 334 g/mol. The maximum absolute atomic E-state index is 12.9. The molecule has 1 aliphatic rings. The molecule has 0 aromatic heterocycles. The lowest BCUT2D eigenvalue weighted by Crippen LogP contribution is -2.47. The van der Waals surface area contributed by atoms with Crippen LogP contribution in [-0.2, 0) is 4.79 Å². The van der Waals surface area contributed by atoms with E-state index in [9.17, 15) is 9.18 Å². The number of anilines is 1. The van der Waals surface area contributed by atoms with E-state index in [2.05, 4.69) is 5.32 Å². The molecule has 0 heterocycles. The van der Waals surface area contributed by atoms with Gasteiger partial charge in [-0.2, -0.15) is 0 Å². The second-order valence-corrected chi connectivity index (χ2v) is 5.58. The summed E-state index contributed by atoms with van der Waals surface area (Å²) in [4.78, 5) is 12.1. The molecule has 1 aliphatic carbocycles. The lowest BCUT2D eigenvalue weighted by molar-refractivity contribution is -0.129. The van der Waals surface area contributed by atoms with E-state index in [1.54, 1.807) is 6.07 Å². The van der Waals surface area contributed by atoms with Crippen LogP contribution in [-0.4, -0.2) is 12.5 Å². The Morgan fingerprint density at radius 3 is 2.71 bits per heavy atom. The number of carbonyl (C=O) groups is 1. The average molecular weight is 348 g/mol. The van der Waals surface area contributed by atoms with Crippen LogP contribution in [0.4, 0.5) is 10.1 Å². The Kier molecular flexibility index (Phi) is 3.67. The third-order valence-corrected chi connectivity index (χ3v) is 4.25. The molecule has 0 spiro atoms. The molecule has 3 nitrogen and oxygen atoms in total. The summed E-state index contributed by atoms with van der Waals surface area (Å²) in [6, 6.07) is 4.32. The topological polar surface area (TPSA) is 55.1 Å². The summed E-state index contributed by atoms with van der Waals surface area (Å²) in [5.74, 6) is -0.347. The number of halogens is 2. The quantitative estimate of drug-likeness (QED) is 0.825. The molecule has 5 heteroatoms. The van der Waals surface area contributed by atoms with Crippen molar-refractivity contribution in [3.63, 3.8) is 0 Å². The Labute approximate surface area is 113 Å². The molecule has 0 radical (unpaired) electrons. The summed E-state index contributed by atoms with van der Waals surface area (Å²) >= 11 is 2.00. The summed E-state index contributed by atoms with van der Waals surface area (Å²) in [6.45, 7) is 0.372. The van der Waals surface area contributed by atoms with Crippen molar-refractivity contribution in [2.75, 3.05) is 11.9 Å². The molecular formula is C12H14FIN2O. The van der Waals surface area contributed by atoms with Crippen LogP contribution in [0, 0.1) is 14.8 Å². The van der Waals surface area contributed by atoms with Crippen molar-refractivity contribution in [2.45, 2.75) is 19.3 Å². The SMILES string of the molecule is NCC1(C(=O)Nc2ccc(F)cc2I)CCC1. The highest BCUT2D eigenvalue weighted by atomic mass is 127. The lowest BCUT2D eigenvalue weighted by Gasteiger charge is -2.39. The zero-order chi connectivity index (χ0) is 12.5. The molecule has 1 aromatic rings. The molecule has 1 fully saturated rings.